The minimum atomic E-state index is -0.686. The van der Waals surface area contributed by atoms with Gasteiger partial charge >= 0.3 is 5.97 Å². The quantitative estimate of drug-likeness (QED) is 0.558. The smallest absolute Gasteiger partial charge is 0.309 e. The molecule has 3 aromatic rings. The van der Waals surface area contributed by atoms with Crippen molar-refractivity contribution in [2.24, 2.45) is 5.41 Å². The summed E-state index contributed by atoms with van der Waals surface area (Å²) in [6.07, 6.45) is 8.77. The molecule has 0 bridgehead atoms. The molecule has 2 fully saturated rings. The van der Waals surface area contributed by atoms with E-state index in [-0.39, 0.29) is 12.2 Å². The second-order valence-corrected chi connectivity index (χ2v) is 9.84. The Morgan fingerprint density at radius 2 is 1.88 bits per heavy atom. The molecule has 3 aromatic heterocycles. The number of imidazole rings is 1. The number of ether oxygens (including phenoxy) is 1. The molecule has 0 spiro atoms. The number of aromatic nitrogens is 4. The average Bonchev–Trinajstić information content (AvgIpc) is 3.24. The Bertz CT molecular complexity index is 1130. The van der Waals surface area contributed by atoms with Gasteiger partial charge in [-0.1, -0.05) is 11.6 Å². The predicted molar refractivity (Wildman–Crippen MR) is 126 cm³/mol. The van der Waals surface area contributed by atoms with E-state index in [1.165, 1.54) is 0 Å². The molecular formula is C24H28ClN5O3. The van der Waals surface area contributed by atoms with Crippen LogP contribution < -0.4 is 4.90 Å². The van der Waals surface area contributed by atoms with Gasteiger partial charge in [-0.3, -0.25) is 4.79 Å². The predicted octanol–water partition coefficient (Wildman–Crippen LogP) is 4.69. The van der Waals surface area contributed by atoms with Crippen LogP contribution in [-0.2, 0) is 9.53 Å². The summed E-state index contributed by atoms with van der Waals surface area (Å²) in [5.74, 6) is 0.982. The van der Waals surface area contributed by atoms with Gasteiger partial charge < -0.3 is 19.7 Å². The monoisotopic (exact) mass is 469 g/mol. The van der Waals surface area contributed by atoms with Gasteiger partial charge in [-0.15, -0.1) is 0 Å². The Kier molecular flexibility index (Phi) is 5.97. The Morgan fingerprint density at radius 1 is 1.15 bits per heavy atom. The number of halogens is 1. The lowest BCUT2D eigenvalue weighted by Gasteiger charge is -2.38. The fourth-order valence-electron chi connectivity index (χ4n) is 4.80. The molecule has 1 saturated carbocycles. The fraction of sp³-hybridized carbons (Fsp3) is 0.500. The normalized spacial score (nSPS) is 24.3. The lowest BCUT2D eigenvalue weighted by atomic mass is 9.75. The third-order valence-electron chi connectivity index (χ3n) is 7.03. The number of aromatic amines is 1. The lowest BCUT2D eigenvalue weighted by molar-refractivity contribution is -0.152. The summed E-state index contributed by atoms with van der Waals surface area (Å²) in [4.78, 5) is 30.4. The maximum absolute atomic E-state index is 11.4. The molecule has 5 rings (SSSR count). The van der Waals surface area contributed by atoms with Crippen molar-refractivity contribution >= 4 is 34.6 Å². The van der Waals surface area contributed by atoms with Crippen molar-refractivity contribution in [1.29, 1.82) is 0 Å². The zero-order chi connectivity index (χ0) is 23.0. The minimum Gasteiger partial charge on any atom is -0.481 e. The number of nitrogens with zero attached hydrogens (tertiary/aromatic N) is 4. The third-order valence-corrected chi connectivity index (χ3v) is 7.24. The first kappa shape index (κ1) is 22.1. The van der Waals surface area contributed by atoms with E-state index >= 15 is 0 Å². The zero-order valence-electron chi connectivity index (χ0n) is 18.6. The average molecular weight is 470 g/mol. The molecule has 2 aliphatic rings. The van der Waals surface area contributed by atoms with Crippen molar-refractivity contribution in [3.8, 4) is 11.4 Å². The van der Waals surface area contributed by atoms with Crippen molar-refractivity contribution in [2.45, 2.75) is 57.7 Å². The van der Waals surface area contributed by atoms with Crippen molar-refractivity contribution in [3.05, 3.63) is 35.6 Å². The van der Waals surface area contributed by atoms with Crippen LogP contribution >= 0.6 is 11.6 Å². The van der Waals surface area contributed by atoms with E-state index in [2.05, 4.69) is 24.8 Å². The Morgan fingerprint density at radius 3 is 2.55 bits per heavy atom. The molecule has 2 N–H and O–H groups in total. The van der Waals surface area contributed by atoms with Crippen LogP contribution in [0.2, 0.25) is 5.02 Å². The topological polar surface area (TPSA) is 104 Å². The molecule has 0 atom stereocenters. The van der Waals surface area contributed by atoms with Gasteiger partial charge in [0, 0.05) is 31.0 Å². The summed E-state index contributed by atoms with van der Waals surface area (Å²) >= 11 is 6.01. The Hall–Kier alpha value is -2.71. The van der Waals surface area contributed by atoms with Gasteiger partial charge in [0.05, 0.1) is 28.2 Å². The summed E-state index contributed by atoms with van der Waals surface area (Å²) in [6.45, 7) is 3.64. The van der Waals surface area contributed by atoms with E-state index in [1.807, 2.05) is 31.3 Å². The second-order valence-electron chi connectivity index (χ2n) is 9.40. The minimum absolute atomic E-state index is 0.180. The standard InChI is InChI=1S/C24H28ClN5O3/c1-24(23(31)32)8-4-17(5-9-24)33-18-6-10-30(11-7-18)20-3-2-15(13-26-20)21-28-19-12-16(25)14-27-22(19)29-21/h2-3,12-14,17-18H,4-11H2,1H3,(H,31,32)(H,27,28,29). The van der Waals surface area contributed by atoms with Gasteiger partial charge in [0.1, 0.15) is 11.6 Å². The molecule has 33 heavy (non-hydrogen) atoms. The van der Waals surface area contributed by atoms with Gasteiger partial charge in [0.25, 0.3) is 0 Å². The fourth-order valence-corrected chi connectivity index (χ4v) is 4.95. The number of pyridine rings is 2. The van der Waals surface area contributed by atoms with E-state index in [4.69, 9.17) is 16.3 Å². The molecule has 0 amide bonds. The number of H-pyrrole nitrogens is 1. The zero-order valence-corrected chi connectivity index (χ0v) is 19.4. The molecule has 1 aliphatic carbocycles. The molecular weight excluding hydrogens is 442 g/mol. The molecule has 1 aliphatic heterocycles. The van der Waals surface area contributed by atoms with Gasteiger partial charge in [-0.05, 0) is 63.6 Å². The highest BCUT2D eigenvalue weighted by atomic mass is 35.5. The lowest BCUT2D eigenvalue weighted by Crippen LogP contribution is -2.41. The number of fused-ring (bicyclic) bond motifs is 1. The number of carboxylic acids is 1. The number of piperidine rings is 1. The van der Waals surface area contributed by atoms with Crippen LogP contribution in [0.25, 0.3) is 22.6 Å². The summed E-state index contributed by atoms with van der Waals surface area (Å²) in [7, 11) is 0. The number of carboxylic acid groups (broad SMARTS) is 1. The number of hydrogen-bond acceptors (Lipinski definition) is 6. The molecule has 0 radical (unpaired) electrons. The summed E-state index contributed by atoms with van der Waals surface area (Å²) in [5.41, 5.74) is 1.74. The third kappa shape index (κ3) is 4.68. The maximum Gasteiger partial charge on any atom is 0.309 e. The van der Waals surface area contributed by atoms with E-state index in [0.29, 0.717) is 23.5 Å². The van der Waals surface area contributed by atoms with Crippen molar-refractivity contribution in [2.75, 3.05) is 18.0 Å². The van der Waals surface area contributed by atoms with Gasteiger partial charge in [-0.2, -0.15) is 0 Å². The molecule has 8 nitrogen and oxygen atoms in total. The molecule has 4 heterocycles. The molecule has 0 aromatic carbocycles. The van der Waals surface area contributed by atoms with E-state index < -0.39 is 11.4 Å². The van der Waals surface area contributed by atoms with Crippen molar-refractivity contribution in [3.63, 3.8) is 0 Å². The van der Waals surface area contributed by atoms with Crippen molar-refractivity contribution < 1.29 is 14.6 Å². The Balaban J connectivity index is 1.15. The van der Waals surface area contributed by atoms with Gasteiger partial charge in [0.15, 0.2) is 5.65 Å². The van der Waals surface area contributed by atoms with Crippen LogP contribution in [0.5, 0.6) is 0 Å². The van der Waals surface area contributed by atoms with Crippen LogP contribution in [0, 0.1) is 5.41 Å². The number of anilines is 1. The van der Waals surface area contributed by atoms with Crippen LogP contribution in [0.4, 0.5) is 5.82 Å². The first-order chi connectivity index (χ1) is 15.9. The highest BCUT2D eigenvalue weighted by Gasteiger charge is 2.38. The van der Waals surface area contributed by atoms with E-state index in [1.54, 1.807) is 6.20 Å². The number of aliphatic carboxylic acids is 1. The number of carbonyl (C=O) groups is 1. The van der Waals surface area contributed by atoms with E-state index in [9.17, 15) is 9.90 Å². The van der Waals surface area contributed by atoms with E-state index in [0.717, 1.165) is 61.5 Å². The van der Waals surface area contributed by atoms with Crippen LogP contribution in [0.15, 0.2) is 30.6 Å². The van der Waals surface area contributed by atoms with Crippen LogP contribution in [0.1, 0.15) is 45.4 Å². The number of nitrogens with one attached hydrogen (secondary N) is 1. The molecule has 9 heteroatoms. The number of hydrogen-bond donors (Lipinski definition) is 2. The second kappa shape index (κ2) is 8.91. The first-order valence-corrected chi connectivity index (χ1v) is 11.9. The molecule has 1 saturated heterocycles. The molecule has 174 valence electrons. The van der Waals surface area contributed by atoms with Crippen LogP contribution in [-0.4, -0.2) is 56.3 Å². The van der Waals surface area contributed by atoms with Crippen molar-refractivity contribution in [1.82, 2.24) is 19.9 Å². The van der Waals surface area contributed by atoms with Crippen LogP contribution in [0.3, 0.4) is 0 Å². The highest BCUT2D eigenvalue weighted by Crippen LogP contribution is 2.38. The Labute approximate surface area is 197 Å². The first-order valence-electron chi connectivity index (χ1n) is 11.5. The summed E-state index contributed by atoms with van der Waals surface area (Å²) in [6, 6.07) is 5.86. The maximum atomic E-state index is 11.4. The highest BCUT2D eigenvalue weighted by molar-refractivity contribution is 6.31. The summed E-state index contributed by atoms with van der Waals surface area (Å²) in [5, 5.41) is 9.97. The molecule has 0 unspecified atom stereocenters. The SMILES string of the molecule is CC1(C(=O)O)CCC(OC2CCN(c3ccc(-c4nc5ncc(Cl)cc5[nH]4)cn3)CC2)CC1. The number of rotatable bonds is 5. The van der Waals surface area contributed by atoms with Gasteiger partial charge in [0.2, 0.25) is 0 Å². The summed E-state index contributed by atoms with van der Waals surface area (Å²) < 4.78 is 6.34. The van der Waals surface area contributed by atoms with Gasteiger partial charge in [-0.25, -0.2) is 15.0 Å². The largest absolute Gasteiger partial charge is 0.481 e.